The predicted octanol–water partition coefficient (Wildman–Crippen LogP) is 4.48. The van der Waals surface area contributed by atoms with Crippen LogP contribution in [0.25, 0.3) is 0 Å². The van der Waals surface area contributed by atoms with Crippen molar-refractivity contribution in [1.29, 1.82) is 0 Å². The third-order valence-corrected chi connectivity index (χ3v) is 3.77. The number of aryl methyl sites for hydroxylation is 1. The summed E-state index contributed by atoms with van der Waals surface area (Å²) in [6.45, 7) is 3.86. The number of benzene rings is 2. The normalized spacial score (nSPS) is 10.4. The predicted molar refractivity (Wildman–Crippen MR) is 100 cm³/mol. The standard InChI is InChI=1S/C20H19FN4O/c1-13(26)16-4-3-5-18(10-16)25-20-11-19(23-14(2)24-20)22-12-15-6-8-17(21)9-7-15/h3-11H,12H2,1-2H3,(H2,22,23,24,25). The quantitative estimate of drug-likeness (QED) is 0.642. The monoisotopic (exact) mass is 350 g/mol. The van der Waals surface area contributed by atoms with Crippen LogP contribution in [0.15, 0.2) is 54.6 Å². The van der Waals surface area contributed by atoms with E-state index < -0.39 is 0 Å². The number of rotatable bonds is 6. The van der Waals surface area contributed by atoms with Crippen LogP contribution in [0, 0.1) is 12.7 Å². The van der Waals surface area contributed by atoms with Crippen LogP contribution in [-0.2, 0) is 6.54 Å². The number of nitrogens with one attached hydrogen (secondary N) is 2. The molecular weight excluding hydrogens is 331 g/mol. The minimum absolute atomic E-state index is 0.00849. The van der Waals surface area contributed by atoms with E-state index in [-0.39, 0.29) is 11.6 Å². The summed E-state index contributed by atoms with van der Waals surface area (Å²) in [4.78, 5) is 20.2. The van der Waals surface area contributed by atoms with Crippen LogP contribution in [0.3, 0.4) is 0 Å². The second-order valence-corrected chi connectivity index (χ2v) is 5.93. The van der Waals surface area contributed by atoms with Crippen molar-refractivity contribution in [3.8, 4) is 0 Å². The number of anilines is 3. The Bertz CT molecular complexity index is 925. The summed E-state index contributed by atoms with van der Waals surface area (Å²) in [5.74, 6) is 1.64. The summed E-state index contributed by atoms with van der Waals surface area (Å²) in [7, 11) is 0. The Morgan fingerprint density at radius 1 is 1.04 bits per heavy atom. The van der Waals surface area contributed by atoms with E-state index in [1.807, 2.05) is 12.1 Å². The molecule has 2 N–H and O–H groups in total. The Morgan fingerprint density at radius 3 is 2.50 bits per heavy atom. The molecule has 0 atom stereocenters. The van der Waals surface area contributed by atoms with Gasteiger partial charge in [0.05, 0.1) is 0 Å². The lowest BCUT2D eigenvalue weighted by Crippen LogP contribution is -2.05. The van der Waals surface area contributed by atoms with Crippen molar-refractivity contribution in [2.45, 2.75) is 20.4 Å². The smallest absolute Gasteiger partial charge is 0.159 e. The van der Waals surface area contributed by atoms with Crippen molar-refractivity contribution in [2.75, 3.05) is 10.6 Å². The van der Waals surface area contributed by atoms with Gasteiger partial charge >= 0.3 is 0 Å². The first-order chi connectivity index (χ1) is 12.5. The van der Waals surface area contributed by atoms with E-state index in [2.05, 4.69) is 20.6 Å². The maximum atomic E-state index is 13.0. The average Bonchev–Trinajstić information content (AvgIpc) is 2.61. The van der Waals surface area contributed by atoms with Crippen molar-refractivity contribution < 1.29 is 9.18 Å². The van der Waals surface area contributed by atoms with Crippen molar-refractivity contribution in [3.05, 3.63) is 77.4 Å². The topological polar surface area (TPSA) is 66.9 Å². The zero-order chi connectivity index (χ0) is 18.5. The molecule has 5 nitrogen and oxygen atoms in total. The number of Topliss-reactive ketones (excluding diaryl/α,β-unsaturated/α-hetero) is 1. The molecular formula is C20H19FN4O. The van der Waals surface area contributed by atoms with Crippen LogP contribution in [0.5, 0.6) is 0 Å². The molecule has 0 saturated heterocycles. The number of hydrogen-bond donors (Lipinski definition) is 2. The van der Waals surface area contributed by atoms with E-state index >= 15 is 0 Å². The van der Waals surface area contributed by atoms with Crippen molar-refractivity contribution in [2.24, 2.45) is 0 Å². The highest BCUT2D eigenvalue weighted by Gasteiger charge is 2.05. The minimum atomic E-state index is -0.258. The summed E-state index contributed by atoms with van der Waals surface area (Å²) in [5, 5.41) is 6.40. The highest BCUT2D eigenvalue weighted by atomic mass is 19.1. The molecule has 132 valence electrons. The van der Waals surface area contributed by atoms with Crippen LogP contribution >= 0.6 is 0 Å². The van der Waals surface area contributed by atoms with E-state index in [4.69, 9.17) is 0 Å². The second kappa shape index (κ2) is 7.74. The number of halogens is 1. The van der Waals surface area contributed by atoms with Gasteiger partial charge in [0.15, 0.2) is 5.78 Å². The summed E-state index contributed by atoms with van der Waals surface area (Å²) in [6, 6.07) is 15.3. The van der Waals surface area contributed by atoms with Gasteiger partial charge in [0.25, 0.3) is 0 Å². The molecule has 0 fully saturated rings. The van der Waals surface area contributed by atoms with E-state index in [1.165, 1.54) is 19.1 Å². The van der Waals surface area contributed by atoms with Gasteiger partial charge in [-0.3, -0.25) is 4.79 Å². The Balaban J connectivity index is 1.74. The van der Waals surface area contributed by atoms with Gasteiger partial charge in [0, 0.05) is 23.9 Å². The number of ketones is 1. The fraction of sp³-hybridized carbons (Fsp3) is 0.150. The maximum absolute atomic E-state index is 13.0. The molecule has 0 radical (unpaired) electrons. The molecule has 26 heavy (non-hydrogen) atoms. The summed E-state index contributed by atoms with van der Waals surface area (Å²) < 4.78 is 13.0. The number of nitrogens with zero attached hydrogens (tertiary/aromatic N) is 2. The summed E-state index contributed by atoms with van der Waals surface area (Å²) >= 11 is 0. The molecule has 1 heterocycles. The van der Waals surface area contributed by atoms with Crippen molar-refractivity contribution in [3.63, 3.8) is 0 Å². The van der Waals surface area contributed by atoms with Crippen molar-refractivity contribution >= 4 is 23.1 Å². The minimum Gasteiger partial charge on any atom is -0.366 e. The van der Waals surface area contributed by atoms with Gasteiger partial charge in [-0.25, -0.2) is 14.4 Å². The fourth-order valence-electron chi connectivity index (χ4n) is 2.48. The second-order valence-electron chi connectivity index (χ2n) is 5.93. The summed E-state index contributed by atoms with van der Waals surface area (Å²) in [6.07, 6.45) is 0. The number of carbonyl (C=O) groups is 1. The van der Waals surface area contributed by atoms with Gasteiger partial charge in [-0.1, -0.05) is 24.3 Å². The molecule has 0 bridgehead atoms. The molecule has 6 heteroatoms. The van der Waals surface area contributed by atoms with Gasteiger partial charge in [-0.05, 0) is 43.7 Å². The van der Waals surface area contributed by atoms with E-state index in [0.29, 0.717) is 29.6 Å². The zero-order valence-electron chi connectivity index (χ0n) is 14.6. The zero-order valence-corrected chi connectivity index (χ0v) is 14.6. The van der Waals surface area contributed by atoms with E-state index in [0.717, 1.165) is 11.3 Å². The molecule has 0 aliphatic carbocycles. The van der Waals surface area contributed by atoms with Crippen LogP contribution in [0.4, 0.5) is 21.7 Å². The lowest BCUT2D eigenvalue weighted by Gasteiger charge is -2.11. The SMILES string of the molecule is CC(=O)c1cccc(Nc2cc(NCc3ccc(F)cc3)nc(C)n2)c1. The maximum Gasteiger partial charge on any atom is 0.159 e. The summed E-state index contributed by atoms with van der Waals surface area (Å²) in [5.41, 5.74) is 2.36. The van der Waals surface area contributed by atoms with Crippen LogP contribution in [0.1, 0.15) is 28.7 Å². The molecule has 0 spiro atoms. The first kappa shape index (κ1) is 17.5. The van der Waals surface area contributed by atoms with Gasteiger partial charge in [0.2, 0.25) is 0 Å². The Morgan fingerprint density at radius 2 is 1.77 bits per heavy atom. The van der Waals surface area contributed by atoms with Gasteiger partial charge in [-0.2, -0.15) is 0 Å². The number of carbonyl (C=O) groups excluding carboxylic acids is 1. The highest BCUT2D eigenvalue weighted by molar-refractivity contribution is 5.95. The average molecular weight is 350 g/mol. The lowest BCUT2D eigenvalue weighted by molar-refractivity contribution is 0.101. The Hall–Kier alpha value is -3.28. The number of aromatic nitrogens is 2. The van der Waals surface area contributed by atoms with Gasteiger partial charge in [-0.15, -0.1) is 0 Å². The molecule has 3 aromatic rings. The third kappa shape index (κ3) is 4.63. The molecule has 3 rings (SSSR count). The third-order valence-electron chi connectivity index (χ3n) is 3.77. The van der Waals surface area contributed by atoms with E-state index in [1.54, 1.807) is 37.3 Å². The van der Waals surface area contributed by atoms with Crippen LogP contribution in [0.2, 0.25) is 0 Å². The highest BCUT2D eigenvalue weighted by Crippen LogP contribution is 2.19. The van der Waals surface area contributed by atoms with Crippen molar-refractivity contribution in [1.82, 2.24) is 9.97 Å². The van der Waals surface area contributed by atoms with Gasteiger partial charge in [0.1, 0.15) is 23.3 Å². The molecule has 2 aromatic carbocycles. The molecule has 1 aromatic heterocycles. The Kier molecular flexibility index (Phi) is 5.22. The van der Waals surface area contributed by atoms with Crippen LogP contribution in [-0.4, -0.2) is 15.8 Å². The first-order valence-electron chi connectivity index (χ1n) is 8.21. The lowest BCUT2D eigenvalue weighted by atomic mass is 10.1. The van der Waals surface area contributed by atoms with E-state index in [9.17, 15) is 9.18 Å². The van der Waals surface area contributed by atoms with Crippen LogP contribution < -0.4 is 10.6 Å². The molecule has 0 saturated carbocycles. The largest absolute Gasteiger partial charge is 0.366 e. The molecule has 0 aliphatic rings. The first-order valence-corrected chi connectivity index (χ1v) is 8.21. The fourth-order valence-corrected chi connectivity index (χ4v) is 2.48. The molecule has 0 aliphatic heterocycles. The molecule has 0 unspecified atom stereocenters. The molecule has 0 amide bonds. The van der Waals surface area contributed by atoms with Gasteiger partial charge < -0.3 is 10.6 Å². The Labute approximate surface area is 151 Å². The number of hydrogen-bond acceptors (Lipinski definition) is 5.